The Morgan fingerprint density at radius 1 is 1.21 bits per heavy atom. The predicted octanol–water partition coefficient (Wildman–Crippen LogP) is 4.91. The second-order valence-corrected chi connectivity index (χ2v) is 7.76. The molecule has 1 N–H and O–H groups in total. The molecule has 0 bridgehead atoms. The van der Waals surface area contributed by atoms with Crippen molar-refractivity contribution in [3.8, 4) is 0 Å². The van der Waals surface area contributed by atoms with Crippen molar-refractivity contribution in [1.29, 1.82) is 0 Å². The van der Waals surface area contributed by atoms with Crippen LogP contribution in [0.3, 0.4) is 0 Å². The van der Waals surface area contributed by atoms with Crippen LogP contribution in [0.4, 0.5) is 0 Å². The Morgan fingerprint density at radius 2 is 1.95 bits per heavy atom. The minimum absolute atomic E-state index is 0.235. The van der Waals surface area contributed by atoms with Crippen LogP contribution < -0.4 is 5.32 Å². The van der Waals surface area contributed by atoms with E-state index >= 15 is 0 Å². The summed E-state index contributed by atoms with van der Waals surface area (Å²) in [4.78, 5) is 1.48. The molecule has 19 heavy (non-hydrogen) atoms. The van der Waals surface area contributed by atoms with Crippen LogP contribution in [0.25, 0.3) is 0 Å². The van der Waals surface area contributed by atoms with E-state index < -0.39 is 0 Å². The van der Waals surface area contributed by atoms with E-state index in [-0.39, 0.29) is 5.41 Å². The Hall–Kier alpha value is -0.470. The summed E-state index contributed by atoms with van der Waals surface area (Å²) in [5, 5.41) is 4.40. The lowest BCUT2D eigenvalue weighted by atomic mass is 9.85. The van der Waals surface area contributed by atoms with E-state index in [2.05, 4.69) is 69.9 Å². The molecule has 0 aliphatic carbocycles. The molecule has 1 nitrogen and oxygen atoms in total. The molecule has 0 fully saturated rings. The van der Waals surface area contributed by atoms with Crippen molar-refractivity contribution in [1.82, 2.24) is 5.32 Å². The summed E-state index contributed by atoms with van der Waals surface area (Å²) >= 11 is 2.07. The van der Waals surface area contributed by atoms with Gasteiger partial charge in [-0.3, -0.25) is 0 Å². The van der Waals surface area contributed by atoms with Crippen LogP contribution >= 0.6 is 11.8 Å². The van der Waals surface area contributed by atoms with Crippen LogP contribution in [-0.2, 0) is 5.41 Å². The average molecular weight is 277 g/mol. The van der Waals surface area contributed by atoms with Crippen LogP contribution in [-0.4, -0.2) is 11.8 Å². The maximum atomic E-state index is 3.69. The van der Waals surface area contributed by atoms with E-state index in [1.165, 1.54) is 28.9 Å². The smallest absolute Gasteiger partial charge is 0.0455 e. The summed E-state index contributed by atoms with van der Waals surface area (Å²) in [6, 6.07) is 7.61. The molecular formula is C17H27NS. The van der Waals surface area contributed by atoms with E-state index in [0.29, 0.717) is 11.3 Å². The Bertz CT molecular complexity index is 433. The highest BCUT2D eigenvalue weighted by Gasteiger charge is 2.32. The molecule has 1 aromatic carbocycles. The quantitative estimate of drug-likeness (QED) is 0.839. The maximum absolute atomic E-state index is 3.69. The van der Waals surface area contributed by atoms with Crippen LogP contribution in [0.1, 0.15) is 64.6 Å². The number of thioether (sulfide) groups is 1. The van der Waals surface area contributed by atoms with Crippen LogP contribution in [0.5, 0.6) is 0 Å². The number of nitrogens with one attached hydrogen (secondary N) is 1. The largest absolute Gasteiger partial charge is 0.309 e. The first-order chi connectivity index (χ1) is 8.97. The van der Waals surface area contributed by atoms with Gasteiger partial charge >= 0.3 is 0 Å². The van der Waals surface area contributed by atoms with Gasteiger partial charge in [-0.2, -0.15) is 0 Å². The number of benzene rings is 1. The molecule has 0 amide bonds. The van der Waals surface area contributed by atoms with E-state index in [4.69, 9.17) is 0 Å². The summed E-state index contributed by atoms with van der Waals surface area (Å²) in [6.07, 6.45) is 2.56. The summed E-state index contributed by atoms with van der Waals surface area (Å²) in [6.45, 7) is 12.4. The van der Waals surface area contributed by atoms with Gasteiger partial charge in [-0.15, -0.1) is 11.8 Å². The average Bonchev–Trinajstić information content (AvgIpc) is 2.67. The topological polar surface area (TPSA) is 12.0 Å². The highest BCUT2D eigenvalue weighted by Crippen LogP contribution is 2.47. The Kier molecular flexibility index (Phi) is 4.62. The van der Waals surface area contributed by atoms with E-state index in [0.717, 1.165) is 6.54 Å². The molecule has 106 valence electrons. The molecule has 0 saturated heterocycles. The lowest BCUT2D eigenvalue weighted by Crippen LogP contribution is -2.27. The molecule has 2 rings (SSSR count). The molecule has 1 heterocycles. The number of hydrogen-bond acceptors (Lipinski definition) is 2. The SMILES string of the molecule is CCCC1Sc2ccc(C(C)(C)C)cc2C1NCC. The standard InChI is InChI=1S/C17H27NS/c1-6-8-15-16(18-7-2)13-11-12(17(3,4)5)9-10-14(13)19-15/h9-11,15-16,18H,6-8H2,1-5H3. The Morgan fingerprint density at radius 3 is 2.53 bits per heavy atom. The maximum Gasteiger partial charge on any atom is 0.0455 e. The van der Waals surface area contributed by atoms with Crippen LogP contribution in [0.2, 0.25) is 0 Å². The van der Waals surface area contributed by atoms with Gasteiger partial charge in [-0.1, -0.05) is 53.2 Å². The van der Waals surface area contributed by atoms with Gasteiger partial charge in [-0.25, -0.2) is 0 Å². The monoisotopic (exact) mass is 277 g/mol. The number of hydrogen-bond donors (Lipinski definition) is 1. The highest BCUT2D eigenvalue weighted by atomic mass is 32.2. The first kappa shape index (κ1) is 14.9. The lowest BCUT2D eigenvalue weighted by Gasteiger charge is -2.23. The fraction of sp³-hybridized carbons (Fsp3) is 0.647. The fourth-order valence-corrected chi connectivity index (χ4v) is 4.30. The van der Waals surface area contributed by atoms with Gasteiger partial charge in [0.05, 0.1) is 0 Å². The zero-order valence-corrected chi connectivity index (χ0v) is 13.7. The molecule has 1 aliphatic heterocycles. The number of rotatable bonds is 4. The molecule has 1 aromatic rings. The van der Waals surface area contributed by atoms with Crippen molar-refractivity contribution in [2.75, 3.05) is 6.54 Å². The van der Waals surface area contributed by atoms with Crippen molar-refractivity contribution in [3.05, 3.63) is 29.3 Å². The van der Waals surface area contributed by atoms with Gasteiger partial charge in [0.1, 0.15) is 0 Å². The molecule has 0 spiro atoms. The third kappa shape index (κ3) is 3.17. The van der Waals surface area contributed by atoms with Crippen LogP contribution in [0, 0.1) is 0 Å². The summed E-state index contributed by atoms with van der Waals surface area (Å²) in [7, 11) is 0. The van der Waals surface area contributed by atoms with Gasteiger partial charge in [0.15, 0.2) is 0 Å². The van der Waals surface area contributed by atoms with Gasteiger partial charge in [0, 0.05) is 16.2 Å². The second-order valence-electron chi connectivity index (χ2n) is 6.48. The second kappa shape index (κ2) is 5.88. The highest BCUT2D eigenvalue weighted by molar-refractivity contribution is 8.00. The normalized spacial score (nSPS) is 22.6. The van der Waals surface area contributed by atoms with Crippen molar-refractivity contribution in [2.24, 2.45) is 0 Å². The van der Waals surface area contributed by atoms with Crippen LogP contribution in [0.15, 0.2) is 23.1 Å². The van der Waals surface area contributed by atoms with Crippen molar-refractivity contribution >= 4 is 11.8 Å². The summed E-state index contributed by atoms with van der Waals surface area (Å²) in [5.74, 6) is 0. The molecule has 0 radical (unpaired) electrons. The molecule has 2 atom stereocenters. The van der Waals surface area contributed by atoms with Gasteiger partial charge in [-0.05, 0) is 35.6 Å². The summed E-state index contributed by atoms with van der Waals surface area (Å²) < 4.78 is 0. The minimum atomic E-state index is 0.235. The predicted molar refractivity (Wildman–Crippen MR) is 86.1 cm³/mol. The third-order valence-electron chi connectivity index (χ3n) is 3.86. The molecule has 0 aromatic heterocycles. The van der Waals surface area contributed by atoms with Gasteiger partial charge in [0.25, 0.3) is 0 Å². The zero-order chi connectivity index (χ0) is 14.0. The summed E-state index contributed by atoms with van der Waals surface area (Å²) in [5.41, 5.74) is 3.21. The van der Waals surface area contributed by atoms with E-state index in [9.17, 15) is 0 Å². The van der Waals surface area contributed by atoms with E-state index in [1.807, 2.05) is 0 Å². The van der Waals surface area contributed by atoms with Gasteiger partial charge < -0.3 is 5.32 Å². The zero-order valence-electron chi connectivity index (χ0n) is 12.9. The van der Waals surface area contributed by atoms with Crippen molar-refractivity contribution in [2.45, 2.75) is 69.1 Å². The molecule has 2 heteroatoms. The molecular weight excluding hydrogens is 250 g/mol. The number of fused-ring (bicyclic) bond motifs is 1. The lowest BCUT2D eigenvalue weighted by molar-refractivity contribution is 0.510. The fourth-order valence-electron chi connectivity index (χ4n) is 2.77. The van der Waals surface area contributed by atoms with Crippen molar-refractivity contribution < 1.29 is 0 Å². The van der Waals surface area contributed by atoms with Crippen molar-refractivity contribution in [3.63, 3.8) is 0 Å². The minimum Gasteiger partial charge on any atom is -0.309 e. The first-order valence-electron chi connectivity index (χ1n) is 7.51. The Labute approximate surface area is 122 Å². The van der Waals surface area contributed by atoms with E-state index in [1.54, 1.807) is 0 Å². The molecule has 0 saturated carbocycles. The first-order valence-corrected chi connectivity index (χ1v) is 8.39. The third-order valence-corrected chi connectivity index (χ3v) is 5.29. The van der Waals surface area contributed by atoms with Gasteiger partial charge in [0.2, 0.25) is 0 Å². The molecule has 2 unspecified atom stereocenters. The molecule has 1 aliphatic rings. The Balaban J connectivity index is 2.33.